The van der Waals surface area contributed by atoms with Gasteiger partial charge in [-0.05, 0) is 18.9 Å². The van der Waals surface area contributed by atoms with Gasteiger partial charge in [0.05, 0.1) is 12.2 Å². The van der Waals surface area contributed by atoms with Crippen LogP contribution in [0.4, 0.5) is 22.0 Å². The number of ether oxygens (including phenoxy) is 1. The molecule has 0 radical (unpaired) electrons. The lowest BCUT2D eigenvalue weighted by molar-refractivity contribution is -0.274. The van der Waals surface area contributed by atoms with Crippen LogP contribution in [0, 0.1) is 0 Å². The Labute approximate surface area is 187 Å². The highest BCUT2D eigenvalue weighted by molar-refractivity contribution is 5.72. The number of benzene rings is 1. The van der Waals surface area contributed by atoms with E-state index in [-0.39, 0.29) is 36.3 Å². The molecule has 2 aromatic heterocycles. The van der Waals surface area contributed by atoms with E-state index >= 15 is 0 Å². The molecular formula is C22H24F5N5O. The monoisotopic (exact) mass is 469 g/mol. The second-order valence-electron chi connectivity index (χ2n) is 9.39. The number of nitrogens with zero attached hydrogens (tertiary/aromatic N) is 5. The van der Waals surface area contributed by atoms with Gasteiger partial charge < -0.3 is 4.74 Å². The minimum absolute atomic E-state index is 0.117. The van der Waals surface area contributed by atoms with Crippen molar-refractivity contribution in [3.63, 3.8) is 0 Å². The van der Waals surface area contributed by atoms with E-state index in [4.69, 9.17) is 0 Å². The van der Waals surface area contributed by atoms with E-state index in [9.17, 15) is 22.0 Å². The second-order valence-corrected chi connectivity index (χ2v) is 9.39. The maximum atomic E-state index is 14.2. The molecule has 1 aliphatic carbocycles. The minimum atomic E-state index is -4.84. The zero-order valence-electron chi connectivity index (χ0n) is 18.5. The molecule has 0 N–H and O–H groups in total. The van der Waals surface area contributed by atoms with Crippen LogP contribution >= 0.6 is 0 Å². The van der Waals surface area contributed by atoms with Crippen molar-refractivity contribution in [2.45, 2.75) is 76.6 Å². The lowest BCUT2D eigenvalue weighted by atomic mass is 9.83. The summed E-state index contributed by atoms with van der Waals surface area (Å²) in [4.78, 5) is 10.3. The standard InChI is InChI=1S/C22H24F5N5O/c1-20(2,3)19-28-16(13-8-6-10-21(23,24)11-13)17-18(29-19)31-32(30-17)12-14-7-4-5-9-15(14)33-22(25,26)27/h4-5,7,9,13H,6,8,10-12H2,1-3H3. The Morgan fingerprint density at radius 1 is 1.09 bits per heavy atom. The highest BCUT2D eigenvalue weighted by Crippen LogP contribution is 2.42. The summed E-state index contributed by atoms with van der Waals surface area (Å²) in [5, 5.41) is 8.73. The maximum Gasteiger partial charge on any atom is 0.573 e. The first-order valence-electron chi connectivity index (χ1n) is 10.7. The van der Waals surface area contributed by atoms with Gasteiger partial charge in [-0.2, -0.15) is 4.80 Å². The lowest BCUT2D eigenvalue weighted by Gasteiger charge is -2.29. The predicted octanol–water partition coefficient (Wildman–Crippen LogP) is 5.76. The van der Waals surface area contributed by atoms with E-state index in [1.54, 1.807) is 6.07 Å². The zero-order chi connectivity index (χ0) is 24.0. The molecule has 0 spiro atoms. The van der Waals surface area contributed by atoms with Crippen molar-refractivity contribution in [1.29, 1.82) is 0 Å². The average molecular weight is 469 g/mol. The van der Waals surface area contributed by atoms with E-state index < -0.39 is 23.6 Å². The fraction of sp³-hybridized carbons (Fsp3) is 0.545. The first-order chi connectivity index (χ1) is 15.3. The van der Waals surface area contributed by atoms with Gasteiger partial charge in [0.25, 0.3) is 0 Å². The molecule has 33 heavy (non-hydrogen) atoms. The van der Waals surface area contributed by atoms with Crippen LogP contribution in [-0.2, 0) is 12.0 Å². The molecule has 3 aromatic rings. The van der Waals surface area contributed by atoms with Crippen molar-refractivity contribution in [2.75, 3.05) is 0 Å². The number of halogens is 5. The van der Waals surface area contributed by atoms with Crippen LogP contribution in [-0.4, -0.2) is 37.2 Å². The van der Waals surface area contributed by atoms with Crippen molar-refractivity contribution in [3.05, 3.63) is 41.3 Å². The Balaban J connectivity index is 1.76. The molecule has 178 valence electrons. The third-order valence-electron chi connectivity index (χ3n) is 5.53. The van der Waals surface area contributed by atoms with E-state index in [0.29, 0.717) is 29.9 Å². The molecule has 0 bridgehead atoms. The van der Waals surface area contributed by atoms with Gasteiger partial charge in [-0.1, -0.05) is 39.0 Å². The van der Waals surface area contributed by atoms with Crippen LogP contribution in [0.15, 0.2) is 24.3 Å². The quantitative estimate of drug-likeness (QED) is 0.455. The summed E-state index contributed by atoms with van der Waals surface area (Å²) in [6.45, 7) is 5.60. The summed E-state index contributed by atoms with van der Waals surface area (Å²) in [6, 6.07) is 5.69. The fourth-order valence-electron chi connectivity index (χ4n) is 3.98. The van der Waals surface area contributed by atoms with E-state index in [2.05, 4.69) is 24.9 Å². The summed E-state index contributed by atoms with van der Waals surface area (Å²) in [5.41, 5.74) is 0.685. The van der Waals surface area contributed by atoms with E-state index in [0.717, 1.165) is 0 Å². The normalized spacial score (nSPS) is 19.1. The SMILES string of the molecule is CC(C)(C)c1nc(C2CCCC(F)(F)C2)c2nn(Cc3ccccc3OC(F)(F)F)nc2n1. The second kappa shape index (κ2) is 8.18. The average Bonchev–Trinajstić information content (AvgIpc) is 3.08. The summed E-state index contributed by atoms with van der Waals surface area (Å²) in [6.07, 6.45) is -4.43. The number of para-hydroxylation sites is 1. The molecule has 0 aliphatic heterocycles. The summed E-state index contributed by atoms with van der Waals surface area (Å²) in [7, 11) is 0. The number of fused-ring (bicyclic) bond motifs is 1. The smallest absolute Gasteiger partial charge is 0.405 e. The molecule has 4 rings (SSSR count). The first-order valence-corrected chi connectivity index (χ1v) is 10.7. The van der Waals surface area contributed by atoms with Crippen molar-refractivity contribution < 1.29 is 26.7 Å². The van der Waals surface area contributed by atoms with Crippen molar-refractivity contribution in [3.8, 4) is 5.75 Å². The zero-order valence-corrected chi connectivity index (χ0v) is 18.5. The number of hydrogen-bond acceptors (Lipinski definition) is 5. The van der Waals surface area contributed by atoms with E-state index in [1.807, 2.05) is 20.8 Å². The molecule has 1 saturated carbocycles. The van der Waals surface area contributed by atoms with Crippen LogP contribution in [0.1, 0.15) is 69.5 Å². The Bertz CT molecular complexity index is 1150. The van der Waals surface area contributed by atoms with Gasteiger partial charge in [-0.25, -0.2) is 18.7 Å². The van der Waals surface area contributed by atoms with Gasteiger partial charge in [0.15, 0.2) is 5.52 Å². The van der Waals surface area contributed by atoms with Gasteiger partial charge in [-0.3, -0.25) is 0 Å². The van der Waals surface area contributed by atoms with Crippen LogP contribution in [0.25, 0.3) is 11.2 Å². The molecule has 2 heterocycles. The Morgan fingerprint density at radius 3 is 2.48 bits per heavy atom. The molecule has 0 amide bonds. The molecule has 11 heteroatoms. The molecule has 1 aromatic carbocycles. The molecular weight excluding hydrogens is 445 g/mol. The molecule has 1 unspecified atom stereocenters. The van der Waals surface area contributed by atoms with Gasteiger partial charge >= 0.3 is 6.36 Å². The number of hydrogen-bond donors (Lipinski definition) is 0. The highest BCUT2D eigenvalue weighted by Gasteiger charge is 2.39. The largest absolute Gasteiger partial charge is 0.573 e. The number of alkyl halides is 5. The van der Waals surface area contributed by atoms with Gasteiger partial charge in [-0.15, -0.1) is 23.4 Å². The van der Waals surface area contributed by atoms with Crippen LogP contribution < -0.4 is 4.74 Å². The molecule has 6 nitrogen and oxygen atoms in total. The van der Waals surface area contributed by atoms with Gasteiger partial charge in [0.2, 0.25) is 11.6 Å². The minimum Gasteiger partial charge on any atom is -0.405 e. The fourth-order valence-corrected chi connectivity index (χ4v) is 3.98. The number of rotatable bonds is 4. The Hall–Kier alpha value is -2.85. The van der Waals surface area contributed by atoms with Crippen LogP contribution in [0.2, 0.25) is 0 Å². The van der Waals surface area contributed by atoms with Gasteiger partial charge in [0.1, 0.15) is 11.6 Å². The summed E-state index contributed by atoms with van der Waals surface area (Å²) in [5.74, 6) is -3.20. The highest BCUT2D eigenvalue weighted by atomic mass is 19.4. The van der Waals surface area contributed by atoms with Crippen molar-refractivity contribution in [1.82, 2.24) is 25.0 Å². The Kier molecular flexibility index (Phi) is 5.78. The Morgan fingerprint density at radius 2 is 1.82 bits per heavy atom. The van der Waals surface area contributed by atoms with E-state index in [1.165, 1.54) is 23.0 Å². The van der Waals surface area contributed by atoms with Crippen molar-refractivity contribution >= 4 is 11.2 Å². The molecule has 0 saturated heterocycles. The van der Waals surface area contributed by atoms with Crippen molar-refractivity contribution in [2.24, 2.45) is 0 Å². The maximum absolute atomic E-state index is 14.2. The van der Waals surface area contributed by atoms with Crippen LogP contribution in [0.5, 0.6) is 5.75 Å². The third kappa shape index (κ3) is 5.39. The topological polar surface area (TPSA) is 65.7 Å². The first kappa shape index (κ1) is 23.3. The van der Waals surface area contributed by atoms with Crippen LogP contribution in [0.3, 0.4) is 0 Å². The van der Waals surface area contributed by atoms with Gasteiger partial charge in [0, 0.05) is 29.7 Å². The summed E-state index contributed by atoms with van der Waals surface area (Å²) >= 11 is 0. The summed E-state index contributed by atoms with van der Waals surface area (Å²) < 4.78 is 70.7. The third-order valence-corrected chi connectivity index (χ3v) is 5.53. The lowest BCUT2D eigenvalue weighted by Crippen LogP contribution is -2.26. The molecule has 1 aliphatic rings. The molecule has 1 atom stereocenters. The predicted molar refractivity (Wildman–Crippen MR) is 110 cm³/mol. The number of aromatic nitrogens is 5. The molecule has 1 fully saturated rings.